The molecular formula is C24H21NO5. The average Bonchev–Trinajstić information content (AvgIpc) is 3.33. The number of Topliss-reactive ketones (excluding diaryl/α,β-unsaturated/α-hetero) is 1. The molecule has 1 aliphatic rings. The molecule has 1 aromatic heterocycles. The number of carbonyl (C=O) groups is 2. The van der Waals surface area contributed by atoms with Gasteiger partial charge in [-0.2, -0.15) is 0 Å². The zero-order chi connectivity index (χ0) is 21.6. The van der Waals surface area contributed by atoms with Gasteiger partial charge in [0.2, 0.25) is 0 Å². The largest absolute Gasteiger partial charge is 0.507 e. The molecule has 1 amide bonds. The van der Waals surface area contributed by atoms with Crippen molar-refractivity contribution in [2.24, 2.45) is 0 Å². The normalized spacial score (nSPS) is 18.2. The lowest BCUT2D eigenvalue weighted by atomic mass is 9.96. The molecule has 1 fully saturated rings. The molecule has 6 nitrogen and oxygen atoms in total. The number of phenols is 1. The maximum atomic E-state index is 13.1. The summed E-state index contributed by atoms with van der Waals surface area (Å²) in [5.74, 6) is -1.79. The van der Waals surface area contributed by atoms with Gasteiger partial charge in [-0.1, -0.05) is 23.8 Å². The van der Waals surface area contributed by atoms with E-state index in [2.05, 4.69) is 0 Å². The topological polar surface area (TPSA) is 91.0 Å². The van der Waals surface area contributed by atoms with E-state index in [9.17, 15) is 19.8 Å². The van der Waals surface area contributed by atoms with Gasteiger partial charge in [-0.15, -0.1) is 0 Å². The molecule has 30 heavy (non-hydrogen) atoms. The lowest BCUT2D eigenvalue weighted by Gasteiger charge is -2.24. The first-order valence-electron chi connectivity index (χ1n) is 9.51. The maximum Gasteiger partial charge on any atom is 0.300 e. The van der Waals surface area contributed by atoms with Crippen LogP contribution in [0, 0.1) is 20.8 Å². The van der Waals surface area contributed by atoms with Crippen LogP contribution < -0.4 is 4.90 Å². The second-order valence-corrected chi connectivity index (χ2v) is 7.50. The van der Waals surface area contributed by atoms with Crippen molar-refractivity contribution in [2.45, 2.75) is 26.8 Å². The highest BCUT2D eigenvalue weighted by Gasteiger charge is 2.49. The highest BCUT2D eigenvalue weighted by molar-refractivity contribution is 6.51. The highest BCUT2D eigenvalue weighted by atomic mass is 16.3. The van der Waals surface area contributed by atoms with Gasteiger partial charge in [0, 0.05) is 5.56 Å². The van der Waals surface area contributed by atoms with Crippen LogP contribution in [0.1, 0.15) is 34.1 Å². The summed E-state index contributed by atoms with van der Waals surface area (Å²) in [4.78, 5) is 27.3. The predicted octanol–water partition coefficient (Wildman–Crippen LogP) is 4.54. The van der Waals surface area contributed by atoms with Gasteiger partial charge in [-0.25, -0.2) is 0 Å². The SMILES string of the molecule is Cc1ccc(C)c(/C(O)=C2/C(=O)C(=O)N(c3cc(C)ccc3O)C2c2ccco2)c1. The van der Waals surface area contributed by atoms with E-state index < -0.39 is 17.7 Å². The van der Waals surface area contributed by atoms with Crippen LogP contribution in [0.5, 0.6) is 5.75 Å². The number of hydrogen-bond acceptors (Lipinski definition) is 5. The molecule has 1 unspecified atom stereocenters. The number of aromatic hydroxyl groups is 1. The first-order valence-corrected chi connectivity index (χ1v) is 9.51. The van der Waals surface area contributed by atoms with Crippen molar-refractivity contribution in [1.29, 1.82) is 0 Å². The first-order chi connectivity index (χ1) is 14.3. The van der Waals surface area contributed by atoms with Crippen molar-refractivity contribution in [3.63, 3.8) is 0 Å². The van der Waals surface area contributed by atoms with Crippen LogP contribution in [-0.2, 0) is 9.59 Å². The standard InChI is InChI=1S/C24H21NO5/c1-13-6-8-15(3)16(11-13)22(27)20-21(19-5-4-10-30-19)25(24(29)23(20)28)17-12-14(2)7-9-18(17)26/h4-12,21,26-27H,1-3H3/b22-20-. The Morgan fingerprint density at radius 2 is 1.70 bits per heavy atom. The molecule has 0 spiro atoms. The third-order valence-electron chi connectivity index (χ3n) is 5.30. The number of carbonyl (C=O) groups excluding carboxylic acids is 2. The molecule has 0 radical (unpaired) electrons. The third-order valence-corrected chi connectivity index (χ3v) is 5.30. The second kappa shape index (κ2) is 7.22. The van der Waals surface area contributed by atoms with Gasteiger partial charge in [0.05, 0.1) is 17.5 Å². The molecule has 0 aliphatic carbocycles. The number of hydrogen-bond donors (Lipinski definition) is 2. The number of aryl methyl sites for hydroxylation is 3. The van der Waals surface area contributed by atoms with E-state index in [4.69, 9.17) is 4.42 Å². The van der Waals surface area contributed by atoms with E-state index in [0.717, 1.165) is 16.7 Å². The Labute approximate surface area is 173 Å². The first kappa shape index (κ1) is 19.5. The Bertz CT molecular complexity index is 1190. The van der Waals surface area contributed by atoms with E-state index >= 15 is 0 Å². The minimum Gasteiger partial charge on any atom is -0.507 e. The number of benzene rings is 2. The fourth-order valence-electron chi connectivity index (χ4n) is 3.76. The minimum absolute atomic E-state index is 0.0791. The van der Waals surface area contributed by atoms with Crippen molar-refractivity contribution >= 4 is 23.1 Å². The van der Waals surface area contributed by atoms with Gasteiger partial charge in [-0.3, -0.25) is 14.5 Å². The van der Waals surface area contributed by atoms with Crippen LogP contribution in [0.4, 0.5) is 5.69 Å². The summed E-state index contributed by atoms with van der Waals surface area (Å²) < 4.78 is 5.53. The number of ketones is 1. The fraction of sp³-hybridized carbons (Fsp3) is 0.167. The van der Waals surface area contributed by atoms with Crippen molar-refractivity contribution in [1.82, 2.24) is 0 Å². The molecule has 152 valence electrons. The number of aliphatic hydroxyl groups excluding tert-OH is 1. The van der Waals surface area contributed by atoms with Gasteiger partial charge < -0.3 is 14.6 Å². The number of nitrogens with zero attached hydrogens (tertiary/aromatic N) is 1. The van der Waals surface area contributed by atoms with Crippen LogP contribution in [0.15, 0.2) is 64.8 Å². The van der Waals surface area contributed by atoms with E-state index in [1.807, 2.05) is 32.9 Å². The summed E-state index contributed by atoms with van der Waals surface area (Å²) >= 11 is 0. The summed E-state index contributed by atoms with van der Waals surface area (Å²) in [6, 6.07) is 12.6. The quantitative estimate of drug-likeness (QED) is 0.381. The van der Waals surface area contributed by atoms with Gasteiger partial charge >= 0.3 is 0 Å². The van der Waals surface area contributed by atoms with Crippen LogP contribution >= 0.6 is 0 Å². The van der Waals surface area contributed by atoms with Crippen molar-refractivity contribution in [2.75, 3.05) is 4.90 Å². The molecule has 2 aromatic carbocycles. The zero-order valence-electron chi connectivity index (χ0n) is 16.8. The number of phenolic OH excluding ortho intramolecular Hbond substituents is 1. The highest BCUT2D eigenvalue weighted by Crippen LogP contribution is 2.45. The van der Waals surface area contributed by atoms with Crippen LogP contribution in [0.25, 0.3) is 5.76 Å². The molecule has 6 heteroatoms. The zero-order valence-corrected chi connectivity index (χ0v) is 16.8. The number of anilines is 1. The van der Waals surface area contributed by atoms with Crippen molar-refractivity contribution < 1.29 is 24.2 Å². The molecular weight excluding hydrogens is 382 g/mol. The van der Waals surface area contributed by atoms with E-state index in [1.165, 1.54) is 17.2 Å². The molecule has 1 aliphatic heterocycles. The van der Waals surface area contributed by atoms with E-state index in [0.29, 0.717) is 11.3 Å². The molecule has 3 aromatic rings. The van der Waals surface area contributed by atoms with E-state index in [-0.39, 0.29) is 22.8 Å². The van der Waals surface area contributed by atoms with Crippen LogP contribution in [-0.4, -0.2) is 21.9 Å². The number of rotatable bonds is 3. The molecule has 1 saturated heterocycles. The number of aliphatic hydroxyl groups is 1. The summed E-state index contributed by atoms with van der Waals surface area (Å²) in [6.07, 6.45) is 1.43. The van der Waals surface area contributed by atoms with Crippen molar-refractivity contribution in [3.8, 4) is 5.75 Å². The molecule has 0 saturated carbocycles. The predicted molar refractivity (Wildman–Crippen MR) is 112 cm³/mol. The fourth-order valence-corrected chi connectivity index (χ4v) is 3.76. The Hall–Kier alpha value is -3.80. The van der Waals surface area contributed by atoms with Gasteiger partial charge in [0.15, 0.2) is 0 Å². The summed E-state index contributed by atoms with van der Waals surface area (Å²) in [6.45, 7) is 5.51. The Morgan fingerprint density at radius 3 is 2.40 bits per heavy atom. The summed E-state index contributed by atoms with van der Waals surface area (Å²) in [5, 5.41) is 21.6. The maximum absolute atomic E-state index is 13.1. The Morgan fingerprint density at radius 1 is 1.00 bits per heavy atom. The average molecular weight is 403 g/mol. The molecule has 4 rings (SSSR count). The lowest BCUT2D eigenvalue weighted by Crippen LogP contribution is -2.29. The van der Waals surface area contributed by atoms with E-state index in [1.54, 1.807) is 30.3 Å². The monoisotopic (exact) mass is 403 g/mol. The van der Waals surface area contributed by atoms with Crippen LogP contribution in [0.3, 0.4) is 0 Å². The Balaban J connectivity index is 1.99. The number of amides is 1. The van der Waals surface area contributed by atoms with Gasteiger partial charge in [0.1, 0.15) is 23.3 Å². The van der Waals surface area contributed by atoms with Gasteiger partial charge in [0.25, 0.3) is 11.7 Å². The third kappa shape index (κ3) is 3.06. The molecule has 0 bridgehead atoms. The number of furan rings is 1. The van der Waals surface area contributed by atoms with Crippen molar-refractivity contribution in [3.05, 3.63) is 88.4 Å². The lowest BCUT2D eigenvalue weighted by molar-refractivity contribution is -0.132. The van der Waals surface area contributed by atoms with Gasteiger partial charge in [-0.05, 0) is 62.2 Å². The summed E-state index contributed by atoms with van der Waals surface area (Å²) in [7, 11) is 0. The Kier molecular flexibility index (Phi) is 4.70. The minimum atomic E-state index is -1.01. The summed E-state index contributed by atoms with van der Waals surface area (Å²) in [5.41, 5.74) is 3.04. The molecule has 1 atom stereocenters. The molecule has 2 N–H and O–H groups in total. The second-order valence-electron chi connectivity index (χ2n) is 7.50. The molecule has 2 heterocycles. The smallest absolute Gasteiger partial charge is 0.300 e. The van der Waals surface area contributed by atoms with Crippen LogP contribution in [0.2, 0.25) is 0 Å².